The van der Waals surface area contributed by atoms with Gasteiger partial charge in [-0.15, -0.1) is 5.10 Å². The summed E-state index contributed by atoms with van der Waals surface area (Å²) in [4.78, 5) is 7.29. The molecule has 11 heteroatoms. The maximum atomic E-state index is 15.0. The summed E-state index contributed by atoms with van der Waals surface area (Å²) in [6.45, 7) is 3.97. The van der Waals surface area contributed by atoms with E-state index in [1.165, 1.54) is 17.2 Å². The van der Waals surface area contributed by atoms with Crippen LogP contribution in [0.4, 0.5) is 4.39 Å². The average molecular weight is 437 g/mol. The highest BCUT2D eigenvalue weighted by atomic mass is 19.1. The van der Waals surface area contributed by atoms with Gasteiger partial charge in [-0.25, -0.2) is 13.6 Å². The standard InChI is InChI=1S/C21H20FN7O3/c1-12-7-15-16(26-12)3-4-17(19(15)22)32-21-20-13(2)18(9-29(20)25-11-23-21)31-10-14(30)8-28-6-5-24-27-28/h3-7,9,11,14,26,30H,8,10H2,1-2H3/t14-/m1/s1. The van der Waals surface area contributed by atoms with Crippen molar-refractivity contribution in [2.75, 3.05) is 6.61 Å². The van der Waals surface area contributed by atoms with Gasteiger partial charge in [-0.2, -0.15) is 10.1 Å². The van der Waals surface area contributed by atoms with Gasteiger partial charge in [0.05, 0.1) is 18.9 Å². The van der Waals surface area contributed by atoms with E-state index in [4.69, 9.17) is 9.47 Å². The minimum atomic E-state index is -0.786. The first-order chi connectivity index (χ1) is 15.5. The molecule has 0 bridgehead atoms. The van der Waals surface area contributed by atoms with Crippen LogP contribution < -0.4 is 9.47 Å². The molecule has 0 spiro atoms. The van der Waals surface area contributed by atoms with Crippen LogP contribution in [0.5, 0.6) is 17.4 Å². The van der Waals surface area contributed by atoms with E-state index in [-0.39, 0.29) is 24.8 Å². The van der Waals surface area contributed by atoms with E-state index in [1.54, 1.807) is 35.1 Å². The number of H-pyrrole nitrogens is 1. The average Bonchev–Trinajstić information content (AvgIpc) is 3.48. The molecule has 0 radical (unpaired) electrons. The minimum Gasteiger partial charge on any atom is -0.489 e. The smallest absolute Gasteiger partial charge is 0.247 e. The number of aromatic amines is 1. The maximum Gasteiger partial charge on any atom is 0.247 e. The Morgan fingerprint density at radius 2 is 2.12 bits per heavy atom. The number of aliphatic hydroxyl groups excluding tert-OH is 1. The molecule has 4 heterocycles. The number of hydrogen-bond donors (Lipinski definition) is 2. The molecule has 0 aliphatic rings. The number of halogens is 1. The second-order valence-corrected chi connectivity index (χ2v) is 7.46. The molecular weight excluding hydrogens is 417 g/mol. The Hall–Kier alpha value is -3.99. The fraction of sp³-hybridized carbons (Fsp3) is 0.238. The van der Waals surface area contributed by atoms with Gasteiger partial charge in [0.1, 0.15) is 30.3 Å². The molecule has 4 aromatic heterocycles. The number of fused-ring (bicyclic) bond motifs is 2. The zero-order chi connectivity index (χ0) is 22.2. The molecule has 0 amide bonds. The van der Waals surface area contributed by atoms with Gasteiger partial charge >= 0.3 is 0 Å². The van der Waals surface area contributed by atoms with E-state index in [2.05, 4.69) is 25.4 Å². The quantitative estimate of drug-likeness (QED) is 0.402. The van der Waals surface area contributed by atoms with Crippen LogP contribution in [0.25, 0.3) is 16.4 Å². The zero-order valence-electron chi connectivity index (χ0n) is 17.4. The fourth-order valence-electron chi connectivity index (χ4n) is 3.58. The molecule has 5 aromatic rings. The van der Waals surface area contributed by atoms with Gasteiger partial charge in [-0.05, 0) is 32.0 Å². The summed E-state index contributed by atoms with van der Waals surface area (Å²) in [5.41, 5.74) is 2.79. The molecule has 0 aliphatic carbocycles. The zero-order valence-corrected chi connectivity index (χ0v) is 17.4. The number of aromatic nitrogens is 7. The maximum absolute atomic E-state index is 15.0. The lowest BCUT2D eigenvalue weighted by atomic mass is 10.2. The molecule has 0 saturated heterocycles. The normalized spacial score (nSPS) is 12.5. The molecule has 5 rings (SSSR count). The number of hydrogen-bond acceptors (Lipinski definition) is 7. The minimum absolute atomic E-state index is 0.0410. The van der Waals surface area contributed by atoms with Gasteiger partial charge in [0.25, 0.3) is 0 Å². The van der Waals surface area contributed by atoms with Crippen molar-refractivity contribution >= 4 is 16.4 Å². The Morgan fingerprint density at radius 3 is 2.94 bits per heavy atom. The lowest BCUT2D eigenvalue weighted by Gasteiger charge is -2.11. The lowest BCUT2D eigenvalue weighted by molar-refractivity contribution is 0.0886. The van der Waals surface area contributed by atoms with Crippen LogP contribution in [0, 0.1) is 19.7 Å². The van der Waals surface area contributed by atoms with E-state index < -0.39 is 11.9 Å². The highest BCUT2D eigenvalue weighted by molar-refractivity contribution is 5.83. The third-order valence-electron chi connectivity index (χ3n) is 5.09. The van der Waals surface area contributed by atoms with Crippen molar-refractivity contribution in [3.63, 3.8) is 0 Å². The van der Waals surface area contributed by atoms with E-state index in [1.807, 2.05) is 13.8 Å². The Balaban J connectivity index is 1.40. The van der Waals surface area contributed by atoms with Crippen LogP contribution in [-0.4, -0.2) is 52.4 Å². The highest BCUT2D eigenvalue weighted by Crippen LogP contribution is 2.34. The first kappa shape index (κ1) is 19.9. The molecule has 1 atom stereocenters. The third kappa shape index (κ3) is 3.62. The topological polar surface area (TPSA) is 115 Å². The van der Waals surface area contributed by atoms with Crippen molar-refractivity contribution in [3.05, 3.63) is 60.2 Å². The van der Waals surface area contributed by atoms with E-state index >= 15 is 0 Å². The Morgan fingerprint density at radius 1 is 1.25 bits per heavy atom. The van der Waals surface area contributed by atoms with Crippen molar-refractivity contribution in [2.24, 2.45) is 0 Å². The van der Waals surface area contributed by atoms with Crippen LogP contribution in [0.15, 0.2) is 43.1 Å². The molecule has 164 valence electrons. The summed E-state index contributed by atoms with van der Waals surface area (Å²) in [5.74, 6) is 0.287. The van der Waals surface area contributed by atoms with E-state index in [0.717, 1.165) is 5.69 Å². The lowest BCUT2D eigenvalue weighted by Crippen LogP contribution is -2.24. The first-order valence-electron chi connectivity index (χ1n) is 9.93. The van der Waals surface area contributed by atoms with Gasteiger partial charge in [-0.1, -0.05) is 5.21 Å². The van der Waals surface area contributed by atoms with Crippen molar-refractivity contribution in [2.45, 2.75) is 26.5 Å². The van der Waals surface area contributed by atoms with Crippen molar-refractivity contribution in [1.82, 2.24) is 34.6 Å². The summed E-state index contributed by atoms with van der Waals surface area (Å²) in [5, 5.41) is 22.4. The second-order valence-electron chi connectivity index (χ2n) is 7.46. The molecule has 2 N–H and O–H groups in total. The van der Waals surface area contributed by atoms with Gasteiger partial charge < -0.3 is 19.6 Å². The predicted molar refractivity (Wildman–Crippen MR) is 112 cm³/mol. The van der Waals surface area contributed by atoms with Crippen LogP contribution in [-0.2, 0) is 6.54 Å². The predicted octanol–water partition coefficient (Wildman–Crippen LogP) is 2.79. The summed E-state index contributed by atoms with van der Waals surface area (Å²) in [6, 6.07) is 5.05. The third-order valence-corrected chi connectivity index (χ3v) is 5.09. The van der Waals surface area contributed by atoms with Crippen LogP contribution >= 0.6 is 0 Å². The molecule has 32 heavy (non-hydrogen) atoms. The first-order valence-corrected chi connectivity index (χ1v) is 9.93. The molecular formula is C21H20FN7O3. The largest absolute Gasteiger partial charge is 0.489 e. The van der Waals surface area contributed by atoms with Crippen molar-refractivity contribution < 1.29 is 19.0 Å². The summed E-state index contributed by atoms with van der Waals surface area (Å²) >= 11 is 0. The number of nitrogens with one attached hydrogen (secondary N) is 1. The molecule has 10 nitrogen and oxygen atoms in total. The van der Waals surface area contributed by atoms with Crippen LogP contribution in [0.3, 0.4) is 0 Å². The summed E-state index contributed by atoms with van der Waals surface area (Å²) in [7, 11) is 0. The number of ether oxygens (including phenoxy) is 2. The highest BCUT2D eigenvalue weighted by Gasteiger charge is 2.19. The Labute approximate surface area is 181 Å². The van der Waals surface area contributed by atoms with Gasteiger partial charge in [0.2, 0.25) is 5.88 Å². The van der Waals surface area contributed by atoms with Gasteiger partial charge in [0.15, 0.2) is 11.6 Å². The molecule has 0 aliphatic heterocycles. The second kappa shape index (κ2) is 7.93. The van der Waals surface area contributed by atoms with Gasteiger partial charge in [0, 0.05) is 28.4 Å². The summed E-state index contributed by atoms with van der Waals surface area (Å²) in [6.07, 6.45) is 5.40. The number of rotatable bonds is 7. The van der Waals surface area contributed by atoms with Crippen LogP contribution in [0.1, 0.15) is 11.3 Å². The summed E-state index contributed by atoms with van der Waals surface area (Å²) < 4.78 is 29.7. The molecule has 1 aromatic carbocycles. The molecule has 0 saturated carbocycles. The monoisotopic (exact) mass is 437 g/mol. The van der Waals surface area contributed by atoms with E-state index in [0.29, 0.717) is 27.7 Å². The molecule has 0 fully saturated rings. The van der Waals surface area contributed by atoms with E-state index in [9.17, 15) is 9.50 Å². The number of benzene rings is 1. The SMILES string of the molecule is Cc1cc2c(F)c(Oc3ncnn4cc(OC[C@H](O)Cn5ccnn5)c(C)c34)ccc2[nH]1. The Kier molecular flexibility index (Phi) is 4.94. The number of nitrogens with zero attached hydrogens (tertiary/aromatic N) is 6. The molecule has 0 unspecified atom stereocenters. The van der Waals surface area contributed by atoms with Crippen molar-refractivity contribution in [1.29, 1.82) is 0 Å². The van der Waals surface area contributed by atoms with Gasteiger partial charge in [-0.3, -0.25) is 0 Å². The fourth-order valence-corrected chi connectivity index (χ4v) is 3.58. The Bertz CT molecular complexity index is 1390. The van der Waals surface area contributed by atoms with Crippen molar-refractivity contribution in [3.8, 4) is 17.4 Å². The number of aliphatic hydroxyl groups is 1. The number of aryl methyl sites for hydroxylation is 2. The van der Waals surface area contributed by atoms with Crippen LogP contribution in [0.2, 0.25) is 0 Å².